The molecule has 0 saturated heterocycles. The van der Waals surface area contributed by atoms with Crippen molar-refractivity contribution >= 4 is 10.0 Å². The summed E-state index contributed by atoms with van der Waals surface area (Å²) >= 11 is 0. The normalized spacial score (nSPS) is 12.0. The number of aryl methyl sites for hydroxylation is 2. The van der Waals surface area contributed by atoms with E-state index in [1.807, 2.05) is 37.3 Å². The molecule has 0 radical (unpaired) electrons. The Morgan fingerprint density at radius 3 is 2.38 bits per heavy atom. The van der Waals surface area contributed by atoms with E-state index in [-0.39, 0.29) is 5.75 Å². The minimum Gasteiger partial charge on any atom is -0.346 e. The van der Waals surface area contributed by atoms with Crippen LogP contribution in [0.15, 0.2) is 36.4 Å². The Kier molecular flexibility index (Phi) is 6.24. The van der Waals surface area contributed by atoms with Crippen molar-refractivity contribution in [2.45, 2.75) is 53.1 Å². The van der Waals surface area contributed by atoms with Crippen LogP contribution in [0, 0.1) is 13.8 Å². The van der Waals surface area contributed by atoms with Gasteiger partial charge < -0.3 is 4.57 Å². The van der Waals surface area contributed by atoms with Crippen molar-refractivity contribution in [2.24, 2.45) is 0 Å². The molecule has 0 atom stereocenters. The number of hydrogen-bond donors (Lipinski definition) is 1. The Morgan fingerprint density at radius 2 is 1.79 bits per heavy atom. The summed E-state index contributed by atoms with van der Waals surface area (Å²) < 4.78 is 29.4. The molecule has 0 saturated carbocycles. The molecule has 0 aliphatic heterocycles. The molecule has 0 aliphatic rings. The average molecular weight is 349 g/mol. The fourth-order valence-electron chi connectivity index (χ4n) is 3.19. The first kappa shape index (κ1) is 18.7. The van der Waals surface area contributed by atoms with Gasteiger partial charge in [-0.3, -0.25) is 0 Å². The molecule has 0 fully saturated rings. The van der Waals surface area contributed by atoms with Crippen LogP contribution < -0.4 is 4.72 Å². The maximum atomic E-state index is 12.2. The molecule has 2 rings (SSSR count). The highest BCUT2D eigenvalue weighted by Crippen LogP contribution is 2.20. The van der Waals surface area contributed by atoms with Gasteiger partial charge in [0.25, 0.3) is 0 Å². The first-order valence-corrected chi connectivity index (χ1v) is 10.1. The van der Waals surface area contributed by atoms with Gasteiger partial charge in [-0.15, -0.1) is 0 Å². The second kappa shape index (κ2) is 7.99. The zero-order valence-electron chi connectivity index (χ0n) is 15.0. The number of benzene rings is 1. The van der Waals surface area contributed by atoms with Gasteiger partial charge in [0.15, 0.2) is 0 Å². The molecule has 2 aromatic rings. The van der Waals surface area contributed by atoms with Crippen molar-refractivity contribution < 1.29 is 8.42 Å². The summed E-state index contributed by atoms with van der Waals surface area (Å²) in [5, 5.41) is 0. The van der Waals surface area contributed by atoms with Gasteiger partial charge in [0, 0.05) is 24.0 Å². The SMILES string of the molecule is Cc1cc(CNS(=O)(=O)CCCc2ccccc2)c(C)n1C(C)C. The average Bonchev–Trinajstić information content (AvgIpc) is 2.80. The Bertz CT molecular complexity index is 762. The van der Waals surface area contributed by atoms with Gasteiger partial charge in [-0.1, -0.05) is 30.3 Å². The fraction of sp³-hybridized carbons (Fsp3) is 0.474. The Morgan fingerprint density at radius 1 is 1.12 bits per heavy atom. The van der Waals surface area contributed by atoms with Crippen LogP contribution in [0.4, 0.5) is 0 Å². The zero-order chi connectivity index (χ0) is 17.7. The lowest BCUT2D eigenvalue weighted by Crippen LogP contribution is -2.26. The highest BCUT2D eigenvalue weighted by atomic mass is 32.2. The molecule has 1 aromatic heterocycles. The Hall–Kier alpha value is -1.59. The number of nitrogens with zero attached hydrogens (tertiary/aromatic N) is 1. The van der Waals surface area contributed by atoms with Gasteiger partial charge >= 0.3 is 0 Å². The van der Waals surface area contributed by atoms with E-state index in [2.05, 4.69) is 36.1 Å². The molecule has 1 aromatic carbocycles. The van der Waals surface area contributed by atoms with Gasteiger partial charge in [-0.2, -0.15) is 0 Å². The van der Waals surface area contributed by atoms with E-state index in [1.54, 1.807) is 0 Å². The number of rotatable bonds is 8. The largest absolute Gasteiger partial charge is 0.346 e. The van der Waals surface area contributed by atoms with Crippen LogP contribution in [0.1, 0.15) is 48.8 Å². The van der Waals surface area contributed by atoms with Crippen molar-refractivity contribution in [3.8, 4) is 0 Å². The van der Waals surface area contributed by atoms with Crippen molar-refractivity contribution in [3.05, 3.63) is 58.9 Å². The highest BCUT2D eigenvalue weighted by molar-refractivity contribution is 7.89. The fourth-order valence-corrected chi connectivity index (χ4v) is 4.23. The molecule has 4 nitrogen and oxygen atoms in total. The second-order valence-corrected chi connectivity index (χ2v) is 8.52. The molecule has 0 amide bonds. The zero-order valence-corrected chi connectivity index (χ0v) is 15.9. The van der Waals surface area contributed by atoms with Gasteiger partial charge in [0.05, 0.1) is 5.75 Å². The second-order valence-electron chi connectivity index (χ2n) is 6.59. The number of hydrogen-bond acceptors (Lipinski definition) is 2. The molecule has 5 heteroatoms. The summed E-state index contributed by atoms with van der Waals surface area (Å²) in [7, 11) is -3.25. The lowest BCUT2D eigenvalue weighted by atomic mass is 10.1. The van der Waals surface area contributed by atoms with Crippen molar-refractivity contribution in [1.82, 2.24) is 9.29 Å². The van der Waals surface area contributed by atoms with Crippen molar-refractivity contribution in [2.75, 3.05) is 5.75 Å². The summed E-state index contributed by atoms with van der Waals surface area (Å²) in [5.74, 6) is 0.158. The third-order valence-corrected chi connectivity index (χ3v) is 5.72. The summed E-state index contributed by atoms with van der Waals surface area (Å²) in [5.41, 5.74) is 4.52. The smallest absolute Gasteiger partial charge is 0.211 e. The third kappa shape index (κ3) is 4.95. The van der Waals surface area contributed by atoms with E-state index in [1.165, 1.54) is 11.3 Å². The number of nitrogens with one attached hydrogen (secondary N) is 1. The van der Waals surface area contributed by atoms with Crippen LogP contribution in [0.5, 0.6) is 0 Å². The quantitative estimate of drug-likeness (QED) is 0.790. The highest BCUT2D eigenvalue weighted by Gasteiger charge is 2.14. The van der Waals surface area contributed by atoms with E-state index >= 15 is 0 Å². The van der Waals surface area contributed by atoms with Crippen molar-refractivity contribution in [1.29, 1.82) is 0 Å². The summed E-state index contributed by atoms with van der Waals surface area (Å²) in [6.07, 6.45) is 1.41. The first-order chi connectivity index (χ1) is 11.3. The lowest BCUT2D eigenvalue weighted by molar-refractivity contribution is 0.569. The molecule has 132 valence electrons. The van der Waals surface area contributed by atoms with Gasteiger partial charge in [-0.25, -0.2) is 13.1 Å². The summed E-state index contributed by atoms with van der Waals surface area (Å²) in [6, 6.07) is 12.4. The molecule has 1 heterocycles. The Labute approximate surface area is 146 Å². The molecule has 1 N–H and O–H groups in total. The molecule has 0 unspecified atom stereocenters. The predicted molar refractivity (Wildman–Crippen MR) is 99.7 cm³/mol. The van der Waals surface area contributed by atoms with E-state index in [4.69, 9.17) is 0 Å². The lowest BCUT2D eigenvalue weighted by Gasteiger charge is -2.14. The van der Waals surface area contributed by atoms with Crippen LogP contribution in [-0.4, -0.2) is 18.7 Å². The Balaban J connectivity index is 1.90. The van der Waals surface area contributed by atoms with Crippen molar-refractivity contribution in [3.63, 3.8) is 0 Å². The molecule has 0 aliphatic carbocycles. The van der Waals surface area contributed by atoms with Crippen LogP contribution in [0.25, 0.3) is 0 Å². The first-order valence-electron chi connectivity index (χ1n) is 8.48. The standard InChI is InChI=1S/C19H28N2O2S/c1-15(2)21-16(3)13-19(17(21)4)14-20-24(22,23)12-8-11-18-9-6-5-7-10-18/h5-7,9-10,13,15,20H,8,11-12,14H2,1-4H3. The maximum absolute atomic E-state index is 12.2. The number of sulfonamides is 1. The van der Waals surface area contributed by atoms with E-state index < -0.39 is 10.0 Å². The predicted octanol–water partition coefficient (Wildman–Crippen LogP) is 3.74. The van der Waals surface area contributed by atoms with Crippen LogP contribution in [0.2, 0.25) is 0 Å². The van der Waals surface area contributed by atoms with Crippen LogP contribution in [-0.2, 0) is 23.0 Å². The van der Waals surface area contributed by atoms with E-state index in [0.29, 0.717) is 19.0 Å². The topological polar surface area (TPSA) is 51.1 Å². The molecule has 24 heavy (non-hydrogen) atoms. The third-order valence-electron chi connectivity index (χ3n) is 4.31. The molecule has 0 spiro atoms. The summed E-state index contributed by atoms with van der Waals surface area (Å²) in [4.78, 5) is 0. The van der Waals surface area contributed by atoms with E-state index in [9.17, 15) is 8.42 Å². The monoisotopic (exact) mass is 348 g/mol. The number of aromatic nitrogens is 1. The van der Waals surface area contributed by atoms with E-state index in [0.717, 1.165) is 17.7 Å². The van der Waals surface area contributed by atoms with Gasteiger partial charge in [0.1, 0.15) is 0 Å². The minimum absolute atomic E-state index is 0.158. The van der Waals surface area contributed by atoms with Crippen LogP contribution >= 0.6 is 0 Å². The van der Waals surface area contributed by atoms with Gasteiger partial charge in [0.2, 0.25) is 10.0 Å². The van der Waals surface area contributed by atoms with Gasteiger partial charge in [-0.05, 0) is 57.7 Å². The molecular weight excluding hydrogens is 320 g/mol. The van der Waals surface area contributed by atoms with Crippen LogP contribution in [0.3, 0.4) is 0 Å². The maximum Gasteiger partial charge on any atom is 0.211 e. The molecular formula is C19H28N2O2S. The minimum atomic E-state index is -3.25. The summed E-state index contributed by atoms with van der Waals surface area (Å²) in [6.45, 7) is 8.74. The molecule has 0 bridgehead atoms.